The second-order valence-corrected chi connectivity index (χ2v) is 3.70. The quantitative estimate of drug-likeness (QED) is 0.839. The van der Waals surface area contributed by atoms with Gasteiger partial charge < -0.3 is 5.32 Å². The lowest BCUT2D eigenvalue weighted by Gasteiger charge is -2.03. The van der Waals surface area contributed by atoms with Crippen LogP contribution >= 0.6 is 0 Å². The number of hydrogen-bond acceptors (Lipinski definition) is 4. The molecule has 0 atom stereocenters. The summed E-state index contributed by atoms with van der Waals surface area (Å²) in [4.78, 5) is 19.6. The smallest absolute Gasteiger partial charge is 0.293 e. The van der Waals surface area contributed by atoms with Crippen molar-refractivity contribution in [2.75, 3.05) is 5.32 Å². The number of aromatic nitrogens is 4. The van der Waals surface area contributed by atoms with Gasteiger partial charge in [0, 0.05) is 19.4 Å². The first-order chi connectivity index (χ1) is 8.09. The van der Waals surface area contributed by atoms with Crippen LogP contribution in [0.4, 0.5) is 5.69 Å². The van der Waals surface area contributed by atoms with Gasteiger partial charge in [0.25, 0.3) is 5.91 Å². The maximum Gasteiger partial charge on any atom is 0.293 e. The monoisotopic (exact) mass is 231 g/mol. The molecule has 2 aromatic rings. The Morgan fingerprint density at radius 3 is 2.47 bits per heavy atom. The fourth-order valence-electron chi connectivity index (χ4n) is 1.54. The van der Waals surface area contributed by atoms with Gasteiger partial charge in [0.15, 0.2) is 0 Å². The molecule has 88 valence electrons. The molecule has 0 saturated carbocycles. The molecule has 0 fully saturated rings. The van der Waals surface area contributed by atoms with Crippen molar-refractivity contribution in [3.8, 4) is 0 Å². The third-order valence-electron chi connectivity index (χ3n) is 2.52. The summed E-state index contributed by atoms with van der Waals surface area (Å²) in [6.45, 7) is 3.73. The number of aryl methyl sites for hydroxylation is 2. The fourth-order valence-corrected chi connectivity index (χ4v) is 1.54. The van der Waals surface area contributed by atoms with E-state index in [0.29, 0.717) is 5.69 Å². The molecule has 0 radical (unpaired) electrons. The first-order valence-electron chi connectivity index (χ1n) is 5.18. The zero-order chi connectivity index (χ0) is 12.4. The fraction of sp³-hybridized carbons (Fsp3) is 0.273. The highest BCUT2D eigenvalue weighted by molar-refractivity contribution is 6.02. The maximum atomic E-state index is 11.9. The molecule has 0 aliphatic heterocycles. The molecular formula is C11H13N5O. The Bertz CT molecular complexity index is 546. The lowest BCUT2D eigenvalue weighted by Crippen LogP contribution is -2.16. The van der Waals surface area contributed by atoms with Gasteiger partial charge >= 0.3 is 0 Å². The summed E-state index contributed by atoms with van der Waals surface area (Å²) in [5.74, 6) is -0.181. The number of anilines is 1. The molecule has 0 aliphatic rings. The van der Waals surface area contributed by atoms with Gasteiger partial charge in [0.1, 0.15) is 0 Å². The number of nitrogens with one attached hydrogen (secondary N) is 1. The van der Waals surface area contributed by atoms with Crippen LogP contribution in [0.2, 0.25) is 0 Å². The highest BCUT2D eigenvalue weighted by Crippen LogP contribution is 2.18. The second-order valence-electron chi connectivity index (χ2n) is 3.70. The first kappa shape index (κ1) is 11.3. The number of carbonyl (C=O) groups excluding carboxylic acids is 1. The molecule has 0 bridgehead atoms. The summed E-state index contributed by atoms with van der Waals surface area (Å²) < 4.78 is 1.72. The van der Waals surface area contributed by atoms with Crippen molar-refractivity contribution in [1.82, 2.24) is 19.7 Å². The molecule has 2 aromatic heterocycles. The van der Waals surface area contributed by atoms with Gasteiger partial charge in [-0.2, -0.15) is 5.10 Å². The lowest BCUT2D eigenvalue weighted by atomic mass is 10.3. The van der Waals surface area contributed by atoms with E-state index in [1.54, 1.807) is 10.7 Å². The van der Waals surface area contributed by atoms with Gasteiger partial charge in [-0.1, -0.05) is 0 Å². The van der Waals surface area contributed by atoms with Gasteiger partial charge in [0.2, 0.25) is 5.82 Å². The van der Waals surface area contributed by atoms with Crippen LogP contribution in [-0.2, 0) is 7.05 Å². The van der Waals surface area contributed by atoms with Crippen molar-refractivity contribution in [2.24, 2.45) is 7.05 Å². The van der Waals surface area contributed by atoms with Crippen LogP contribution in [0.15, 0.2) is 18.5 Å². The Balaban J connectivity index is 2.25. The van der Waals surface area contributed by atoms with Gasteiger partial charge in [-0.05, 0) is 19.9 Å². The van der Waals surface area contributed by atoms with Gasteiger partial charge in [-0.15, -0.1) is 0 Å². The average molecular weight is 231 g/mol. The number of nitrogens with zero attached hydrogens (tertiary/aromatic N) is 4. The normalized spacial score (nSPS) is 10.3. The predicted octanol–water partition coefficient (Wildman–Crippen LogP) is 1.08. The largest absolute Gasteiger partial charge is 0.316 e. The minimum atomic E-state index is -0.329. The van der Waals surface area contributed by atoms with Crippen LogP contribution in [0.25, 0.3) is 0 Å². The minimum Gasteiger partial charge on any atom is -0.316 e. The number of carbonyl (C=O) groups is 1. The Labute approximate surface area is 98.7 Å². The molecule has 2 heterocycles. The van der Waals surface area contributed by atoms with E-state index in [9.17, 15) is 4.79 Å². The van der Waals surface area contributed by atoms with Crippen molar-refractivity contribution in [3.05, 3.63) is 35.7 Å². The van der Waals surface area contributed by atoms with Gasteiger partial charge in [-0.3, -0.25) is 9.48 Å². The molecule has 0 unspecified atom stereocenters. The van der Waals surface area contributed by atoms with Gasteiger partial charge in [0.05, 0.1) is 17.1 Å². The number of rotatable bonds is 2. The lowest BCUT2D eigenvalue weighted by molar-refractivity contribution is 0.101. The Morgan fingerprint density at radius 2 is 1.94 bits per heavy atom. The number of hydrogen-bond donors (Lipinski definition) is 1. The van der Waals surface area contributed by atoms with E-state index < -0.39 is 0 Å². The highest BCUT2D eigenvalue weighted by atomic mass is 16.2. The van der Waals surface area contributed by atoms with Crippen LogP contribution in [0.5, 0.6) is 0 Å². The van der Waals surface area contributed by atoms with Crippen LogP contribution in [0.3, 0.4) is 0 Å². The zero-order valence-electron chi connectivity index (χ0n) is 9.93. The second kappa shape index (κ2) is 4.32. The van der Waals surface area contributed by atoms with Crippen LogP contribution in [-0.4, -0.2) is 25.7 Å². The molecule has 0 aromatic carbocycles. The summed E-state index contributed by atoms with van der Waals surface area (Å²) in [6, 6.07) is 1.66. The highest BCUT2D eigenvalue weighted by Gasteiger charge is 2.14. The average Bonchev–Trinajstić information content (AvgIpc) is 2.57. The van der Waals surface area contributed by atoms with Crippen molar-refractivity contribution < 1.29 is 4.79 Å². The summed E-state index contributed by atoms with van der Waals surface area (Å²) in [5, 5.41) is 6.99. The predicted molar refractivity (Wildman–Crippen MR) is 62.7 cm³/mol. The third-order valence-corrected chi connectivity index (χ3v) is 2.52. The molecule has 17 heavy (non-hydrogen) atoms. The Kier molecular flexibility index (Phi) is 2.86. The van der Waals surface area contributed by atoms with Crippen molar-refractivity contribution in [2.45, 2.75) is 13.8 Å². The zero-order valence-corrected chi connectivity index (χ0v) is 9.93. The van der Waals surface area contributed by atoms with E-state index in [1.807, 2.05) is 20.9 Å². The molecule has 6 nitrogen and oxygen atoms in total. The summed E-state index contributed by atoms with van der Waals surface area (Å²) in [5.41, 5.74) is 2.38. The summed E-state index contributed by atoms with van der Waals surface area (Å²) >= 11 is 0. The molecule has 0 saturated heterocycles. The first-order valence-corrected chi connectivity index (χ1v) is 5.18. The number of amides is 1. The van der Waals surface area contributed by atoms with Gasteiger partial charge in [-0.25, -0.2) is 9.97 Å². The SMILES string of the molecule is Cc1nn(C)c(C)c1NC(=O)c1ncccn1. The maximum absolute atomic E-state index is 11.9. The Hall–Kier alpha value is -2.24. The summed E-state index contributed by atoms with van der Waals surface area (Å²) in [7, 11) is 1.83. The molecule has 2 rings (SSSR count). The van der Waals surface area contributed by atoms with E-state index >= 15 is 0 Å². The molecule has 0 spiro atoms. The molecular weight excluding hydrogens is 218 g/mol. The van der Waals surface area contributed by atoms with E-state index in [2.05, 4.69) is 20.4 Å². The molecule has 1 amide bonds. The van der Waals surface area contributed by atoms with E-state index in [1.165, 1.54) is 12.4 Å². The van der Waals surface area contributed by atoms with Crippen LogP contribution in [0, 0.1) is 13.8 Å². The van der Waals surface area contributed by atoms with Crippen molar-refractivity contribution >= 4 is 11.6 Å². The topological polar surface area (TPSA) is 72.7 Å². The van der Waals surface area contributed by atoms with E-state index in [0.717, 1.165) is 11.4 Å². The van der Waals surface area contributed by atoms with Crippen molar-refractivity contribution in [3.63, 3.8) is 0 Å². The minimum absolute atomic E-state index is 0.148. The van der Waals surface area contributed by atoms with Crippen molar-refractivity contribution in [1.29, 1.82) is 0 Å². The van der Waals surface area contributed by atoms with E-state index in [-0.39, 0.29) is 11.7 Å². The molecule has 1 N–H and O–H groups in total. The Morgan fingerprint density at radius 1 is 1.29 bits per heavy atom. The third kappa shape index (κ3) is 2.15. The van der Waals surface area contributed by atoms with Crippen LogP contribution in [0.1, 0.15) is 22.0 Å². The standard InChI is InChI=1S/C11H13N5O/c1-7-9(8(2)16(3)15-7)14-11(17)10-12-5-4-6-13-10/h4-6H,1-3H3,(H,14,17). The van der Waals surface area contributed by atoms with Crippen LogP contribution < -0.4 is 5.32 Å². The summed E-state index contributed by atoms with van der Waals surface area (Å²) in [6.07, 6.45) is 3.07. The van der Waals surface area contributed by atoms with E-state index in [4.69, 9.17) is 0 Å². The molecule has 0 aliphatic carbocycles. The molecule has 6 heteroatoms.